The Morgan fingerprint density at radius 1 is 1.26 bits per heavy atom. The molecule has 0 radical (unpaired) electrons. The van der Waals surface area contributed by atoms with Crippen molar-refractivity contribution in [1.82, 2.24) is 25.2 Å². The third-order valence-corrected chi connectivity index (χ3v) is 3.86. The third-order valence-electron chi connectivity index (χ3n) is 3.86. The van der Waals surface area contributed by atoms with Crippen molar-refractivity contribution < 1.29 is 9.32 Å². The summed E-state index contributed by atoms with van der Waals surface area (Å²) >= 11 is 0. The van der Waals surface area contributed by atoms with E-state index in [1.807, 2.05) is 27.7 Å². The first-order chi connectivity index (χ1) is 10.8. The summed E-state index contributed by atoms with van der Waals surface area (Å²) in [4.78, 5) is 16.5. The van der Waals surface area contributed by atoms with Crippen LogP contribution in [0.25, 0.3) is 0 Å². The summed E-state index contributed by atoms with van der Waals surface area (Å²) in [6.45, 7) is 12.1. The van der Waals surface area contributed by atoms with Crippen LogP contribution >= 0.6 is 0 Å². The Morgan fingerprint density at radius 2 is 1.96 bits per heavy atom. The summed E-state index contributed by atoms with van der Waals surface area (Å²) in [5.41, 5.74) is 3.06. The van der Waals surface area contributed by atoms with Crippen LogP contribution in [-0.2, 0) is 17.8 Å². The molecule has 2 rings (SSSR count). The Hall–Kier alpha value is -2.18. The number of rotatable bonds is 6. The lowest BCUT2D eigenvalue weighted by atomic mass is 10.1. The van der Waals surface area contributed by atoms with Crippen molar-refractivity contribution in [2.45, 2.75) is 60.5 Å². The monoisotopic (exact) mass is 319 g/mol. The highest BCUT2D eigenvalue weighted by atomic mass is 16.5. The van der Waals surface area contributed by atoms with Gasteiger partial charge in [0.05, 0.1) is 5.69 Å². The van der Waals surface area contributed by atoms with Crippen LogP contribution in [0.3, 0.4) is 0 Å². The van der Waals surface area contributed by atoms with Gasteiger partial charge in [-0.25, -0.2) is 0 Å². The van der Waals surface area contributed by atoms with E-state index in [9.17, 15) is 4.79 Å². The number of aryl methyl sites for hydroxylation is 1. The Morgan fingerprint density at radius 3 is 2.52 bits per heavy atom. The van der Waals surface area contributed by atoms with Crippen LogP contribution in [0.2, 0.25) is 0 Å². The van der Waals surface area contributed by atoms with E-state index in [1.54, 1.807) is 4.68 Å². The van der Waals surface area contributed by atoms with Gasteiger partial charge in [-0.3, -0.25) is 9.48 Å². The lowest BCUT2D eigenvalue weighted by molar-refractivity contribution is -0.122. The van der Waals surface area contributed by atoms with Crippen molar-refractivity contribution in [3.63, 3.8) is 0 Å². The average Bonchev–Trinajstić information content (AvgIpc) is 3.00. The van der Waals surface area contributed by atoms with Crippen molar-refractivity contribution in [1.29, 1.82) is 0 Å². The molecule has 1 amide bonds. The number of nitrogens with one attached hydrogen (secondary N) is 1. The molecular weight excluding hydrogens is 294 g/mol. The van der Waals surface area contributed by atoms with Gasteiger partial charge < -0.3 is 9.84 Å². The van der Waals surface area contributed by atoms with Crippen LogP contribution in [0.4, 0.5) is 0 Å². The fourth-order valence-corrected chi connectivity index (χ4v) is 2.32. The maximum atomic E-state index is 12.2. The number of hydrogen-bond acceptors (Lipinski definition) is 5. The molecule has 7 heteroatoms. The van der Waals surface area contributed by atoms with E-state index in [1.165, 1.54) is 0 Å². The van der Waals surface area contributed by atoms with Crippen molar-refractivity contribution in [2.75, 3.05) is 0 Å². The predicted molar refractivity (Wildman–Crippen MR) is 85.8 cm³/mol. The molecule has 2 heterocycles. The topological polar surface area (TPSA) is 85.8 Å². The molecular formula is C16H25N5O2. The van der Waals surface area contributed by atoms with E-state index in [4.69, 9.17) is 4.52 Å². The fraction of sp³-hybridized carbons (Fsp3) is 0.625. The number of carbonyl (C=O) groups is 1. The SMILES string of the molecule is Cc1nn(CC(=O)NC(C)c2nc(CC(C)C)no2)c(C)c1C. The van der Waals surface area contributed by atoms with Gasteiger partial charge in [-0.15, -0.1) is 0 Å². The highest BCUT2D eigenvalue weighted by molar-refractivity contribution is 5.76. The molecule has 0 spiro atoms. The van der Waals surface area contributed by atoms with Crippen molar-refractivity contribution >= 4 is 5.91 Å². The Balaban J connectivity index is 1.96. The lowest BCUT2D eigenvalue weighted by Crippen LogP contribution is -2.31. The van der Waals surface area contributed by atoms with Crippen LogP contribution in [0.15, 0.2) is 4.52 Å². The highest BCUT2D eigenvalue weighted by Crippen LogP contribution is 2.13. The number of carbonyl (C=O) groups excluding carboxylic acids is 1. The van der Waals surface area contributed by atoms with Gasteiger partial charge in [0.1, 0.15) is 12.6 Å². The zero-order valence-electron chi connectivity index (χ0n) is 14.7. The minimum absolute atomic E-state index is 0.133. The van der Waals surface area contributed by atoms with Crippen molar-refractivity contribution in [3.05, 3.63) is 28.7 Å². The molecule has 0 fully saturated rings. The highest BCUT2D eigenvalue weighted by Gasteiger charge is 2.18. The van der Waals surface area contributed by atoms with Crippen LogP contribution in [0, 0.1) is 26.7 Å². The van der Waals surface area contributed by atoms with Crippen LogP contribution in [0.1, 0.15) is 55.5 Å². The molecule has 0 saturated heterocycles. The third kappa shape index (κ3) is 4.18. The van der Waals surface area contributed by atoms with Crippen molar-refractivity contribution in [2.24, 2.45) is 5.92 Å². The zero-order chi connectivity index (χ0) is 17.1. The first-order valence-electron chi connectivity index (χ1n) is 7.90. The van der Waals surface area contributed by atoms with Gasteiger partial charge >= 0.3 is 0 Å². The second kappa shape index (κ2) is 6.93. The molecule has 0 saturated carbocycles. The average molecular weight is 319 g/mol. The molecule has 0 aliphatic heterocycles. The van der Waals surface area contributed by atoms with Crippen LogP contribution < -0.4 is 5.32 Å². The van der Waals surface area contributed by atoms with E-state index < -0.39 is 0 Å². The van der Waals surface area contributed by atoms with Gasteiger partial charge in [0, 0.05) is 12.1 Å². The smallest absolute Gasteiger partial charge is 0.248 e. The summed E-state index contributed by atoms with van der Waals surface area (Å²) in [6, 6.07) is -0.325. The summed E-state index contributed by atoms with van der Waals surface area (Å²) in [6.07, 6.45) is 0.759. The largest absolute Gasteiger partial charge is 0.343 e. The first-order valence-corrected chi connectivity index (χ1v) is 7.90. The van der Waals surface area contributed by atoms with Gasteiger partial charge in [0.15, 0.2) is 5.82 Å². The molecule has 2 aromatic heterocycles. The normalized spacial score (nSPS) is 12.7. The van der Waals surface area contributed by atoms with Gasteiger partial charge in [-0.05, 0) is 39.2 Å². The van der Waals surface area contributed by atoms with E-state index in [-0.39, 0.29) is 18.5 Å². The molecule has 126 valence electrons. The molecule has 0 aliphatic carbocycles. The summed E-state index contributed by atoms with van der Waals surface area (Å²) < 4.78 is 6.94. The molecule has 1 N–H and O–H groups in total. The summed E-state index contributed by atoms with van der Waals surface area (Å²) in [7, 11) is 0. The second-order valence-corrected chi connectivity index (χ2v) is 6.39. The van der Waals surface area contributed by atoms with Crippen LogP contribution in [-0.4, -0.2) is 25.8 Å². The maximum absolute atomic E-state index is 12.2. The molecule has 23 heavy (non-hydrogen) atoms. The van der Waals surface area contributed by atoms with Gasteiger partial charge in [-0.2, -0.15) is 10.1 Å². The number of hydrogen-bond donors (Lipinski definition) is 1. The van der Waals surface area contributed by atoms with Crippen molar-refractivity contribution in [3.8, 4) is 0 Å². The van der Waals surface area contributed by atoms with E-state index in [0.29, 0.717) is 17.6 Å². The number of aromatic nitrogens is 4. The number of amides is 1. The fourth-order valence-electron chi connectivity index (χ4n) is 2.32. The Kier molecular flexibility index (Phi) is 5.18. The molecule has 2 aromatic rings. The molecule has 1 unspecified atom stereocenters. The first kappa shape index (κ1) is 17.2. The predicted octanol–water partition coefficient (Wildman–Crippen LogP) is 2.27. The van der Waals surface area contributed by atoms with Gasteiger partial charge in [0.25, 0.3) is 0 Å². The second-order valence-electron chi connectivity index (χ2n) is 6.39. The minimum Gasteiger partial charge on any atom is -0.343 e. The molecule has 7 nitrogen and oxygen atoms in total. The lowest BCUT2D eigenvalue weighted by Gasteiger charge is -2.10. The minimum atomic E-state index is -0.325. The Bertz CT molecular complexity index is 687. The molecule has 0 bridgehead atoms. The molecule has 0 aromatic carbocycles. The maximum Gasteiger partial charge on any atom is 0.248 e. The van der Waals surface area contributed by atoms with Crippen LogP contribution in [0.5, 0.6) is 0 Å². The Labute approximate surface area is 136 Å². The van der Waals surface area contributed by atoms with E-state index in [0.717, 1.165) is 23.4 Å². The quantitative estimate of drug-likeness (QED) is 0.882. The number of nitrogens with zero attached hydrogens (tertiary/aromatic N) is 4. The zero-order valence-corrected chi connectivity index (χ0v) is 14.7. The van der Waals surface area contributed by atoms with E-state index in [2.05, 4.69) is 34.4 Å². The standard InChI is InChI=1S/C16H25N5O2/c1-9(2)7-14-18-16(23-20-14)12(5)17-15(22)8-21-13(6)10(3)11(4)19-21/h9,12H,7-8H2,1-6H3,(H,17,22). The van der Waals surface area contributed by atoms with Gasteiger partial charge in [0.2, 0.25) is 11.8 Å². The molecule has 1 atom stereocenters. The summed E-state index contributed by atoms with van der Waals surface area (Å²) in [5.74, 6) is 1.43. The molecule has 0 aliphatic rings. The summed E-state index contributed by atoms with van der Waals surface area (Å²) in [5, 5.41) is 11.2. The van der Waals surface area contributed by atoms with E-state index >= 15 is 0 Å². The van der Waals surface area contributed by atoms with Gasteiger partial charge in [-0.1, -0.05) is 19.0 Å².